The average Bonchev–Trinajstić information content (AvgIpc) is 2.88. The van der Waals surface area contributed by atoms with E-state index >= 15 is 0 Å². The van der Waals surface area contributed by atoms with Crippen molar-refractivity contribution >= 4 is 45.1 Å². The van der Waals surface area contributed by atoms with Gasteiger partial charge in [-0.25, -0.2) is 0 Å². The molecule has 0 spiro atoms. The molecule has 0 aliphatic carbocycles. The van der Waals surface area contributed by atoms with Gasteiger partial charge >= 0.3 is 0 Å². The summed E-state index contributed by atoms with van der Waals surface area (Å²) in [6, 6.07) is 22.4. The van der Waals surface area contributed by atoms with Gasteiger partial charge in [-0.05, 0) is 53.7 Å². The number of carbonyl (C=O) groups excluding carboxylic acids is 2. The monoisotopic (exact) mass is 557 g/mol. The molecule has 8 nitrogen and oxygen atoms in total. The van der Waals surface area contributed by atoms with E-state index in [-0.39, 0.29) is 23.9 Å². The number of nitrogens with one attached hydrogen (secondary N) is 3. The third kappa shape index (κ3) is 8.36. The molecule has 35 heavy (non-hydrogen) atoms. The van der Waals surface area contributed by atoms with Gasteiger partial charge in [0.25, 0.3) is 11.8 Å². The Kier molecular flexibility index (Phi) is 10.0. The highest BCUT2D eigenvalue weighted by atomic mass is 79.9. The van der Waals surface area contributed by atoms with Crippen LogP contribution in [0, 0.1) is 0 Å². The number of hydrazine groups is 1. The van der Waals surface area contributed by atoms with Gasteiger partial charge in [0.15, 0.2) is 11.7 Å². The molecule has 3 N–H and O–H groups in total. The van der Waals surface area contributed by atoms with Gasteiger partial charge in [-0.2, -0.15) is 0 Å². The number of rotatable bonds is 9. The number of ether oxygens (including phenoxy) is 3. The molecular weight excluding hydrogens is 534 g/mol. The van der Waals surface area contributed by atoms with Gasteiger partial charge in [-0.15, -0.1) is 0 Å². The van der Waals surface area contributed by atoms with E-state index in [9.17, 15) is 9.59 Å². The summed E-state index contributed by atoms with van der Waals surface area (Å²) in [5.74, 6) is -0.0485. The molecule has 0 heterocycles. The van der Waals surface area contributed by atoms with Crippen molar-refractivity contribution in [1.82, 2.24) is 16.2 Å². The van der Waals surface area contributed by atoms with E-state index in [4.69, 9.17) is 26.4 Å². The zero-order valence-corrected chi connectivity index (χ0v) is 21.3. The molecule has 0 aromatic heterocycles. The van der Waals surface area contributed by atoms with E-state index in [2.05, 4.69) is 32.1 Å². The van der Waals surface area contributed by atoms with E-state index in [1.54, 1.807) is 37.4 Å². The Morgan fingerprint density at radius 1 is 0.886 bits per heavy atom. The Balaban J connectivity index is 1.44. The Hall–Kier alpha value is -3.47. The lowest BCUT2D eigenvalue weighted by molar-refractivity contribution is -0.123. The Bertz CT molecular complexity index is 1160. The van der Waals surface area contributed by atoms with Crippen LogP contribution in [0.1, 0.15) is 10.4 Å². The van der Waals surface area contributed by atoms with Crippen LogP contribution in [0.5, 0.6) is 11.5 Å². The molecule has 0 bridgehead atoms. The summed E-state index contributed by atoms with van der Waals surface area (Å²) < 4.78 is 16.7. The molecule has 3 aromatic rings. The predicted molar refractivity (Wildman–Crippen MR) is 140 cm³/mol. The third-order valence-electron chi connectivity index (χ3n) is 4.61. The van der Waals surface area contributed by atoms with Crippen LogP contribution in [-0.4, -0.2) is 43.9 Å². The van der Waals surface area contributed by atoms with Crippen molar-refractivity contribution < 1.29 is 23.8 Å². The molecular formula is C25H24BrN3O5S. The fourth-order valence-corrected chi connectivity index (χ4v) is 3.43. The second-order valence-electron chi connectivity index (χ2n) is 7.12. The van der Waals surface area contributed by atoms with E-state index in [0.717, 1.165) is 11.1 Å². The molecule has 2 amide bonds. The van der Waals surface area contributed by atoms with E-state index < -0.39 is 11.8 Å². The number of hydrogen-bond acceptors (Lipinski definition) is 6. The molecule has 0 saturated heterocycles. The molecule has 0 aliphatic rings. The predicted octanol–water partition coefficient (Wildman–Crippen LogP) is 3.86. The Morgan fingerprint density at radius 3 is 2.31 bits per heavy atom. The maximum absolute atomic E-state index is 12.6. The number of halogens is 1. The topological polar surface area (TPSA) is 97.9 Å². The molecule has 182 valence electrons. The zero-order chi connectivity index (χ0) is 25.0. The van der Waals surface area contributed by atoms with Gasteiger partial charge in [0.05, 0.1) is 12.2 Å². The van der Waals surface area contributed by atoms with E-state index in [1.165, 1.54) is 0 Å². The van der Waals surface area contributed by atoms with Crippen molar-refractivity contribution in [3.8, 4) is 22.6 Å². The number of carbonyl (C=O) groups is 2. The highest BCUT2D eigenvalue weighted by Crippen LogP contribution is 2.24. The van der Waals surface area contributed by atoms with Crippen LogP contribution in [0.2, 0.25) is 0 Å². The number of methoxy groups -OCH3 is 1. The molecule has 10 heteroatoms. The number of benzene rings is 3. The van der Waals surface area contributed by atoms with Gasteiger partial charge in [-0.3, -0.25) is 25.8 Å². The fraction of sp³-hybridized carbons (Fsp3) is 0.160. The maximum atomic E-state index is 12.6. The summed E-state index contributed by atoms with van der Waals surface area (Å²) >= 11 is 8.43. The second kappa shape index (κ2) is 13.4. The van der Waals surface area contributed by atoms with Gasteiger partial charge in [0, 0.05) is 11.6 Å². The summed E-state index contributed by atoms with van der Waals surface area (Å²) in [6.45, 7) is 0.422. The molecule has 0 radical (unpaired) electrons. The average molecular weight is 558 g/mol. The molecule has 0 saturated carbocycles. The quantitative estimate of drug-likeness (QED) is 0.209. The molecule has 3 aromatic carbocycles. The second-order valence-corrected chi connectivity index (χ2v) is 8.44. The van der Waals surface area contributed by atoms with Crippen molar-refractivity contribution in [3.05, 3.63) is 82.8 Å². The summed E-state index contributed by atoms with van der Waals surface area (Å²) in [5, 5.41) is 2.41. The van der Waals surface area contributed by atoms with Crippen LogP contribution in [-0.2, 0) is 9.53 Å². The van der Waals surface area contributed by atoms with Gasteiger partial charge in [0.2, 0.25) is 0 Å². The minimum atomic E-state index is -0.500. The first-order chi connectivity index (χ1) is 17.0. The first kappa shape index (κ1) is 26.1. The molecule has 0 atom stereocenters. The van der Waals surface area contributed by atoms with Crippen molar-refractivity contribution in [2.75, 3.05) is 26.9 Å². The summed E-state index contributed by atoms with van der Waals surface area (Å²) in [5.41, 5.74) is 7.28. The minimum Gasteiger partial charge on any atom is -0.490 e. The first-order valence-electron chi connectivity index (χ1n) is 10.6. The van der Waals surface area contributed by atoms with E-state index in [1.807, 2.05) is 42.5 Å². The largest absolute Gasteiger partial charge is 0.490 e. The summed E-state index contributed by atoms with van der Waals surface area (Å²) in [6.07, 6.45) is 0. The van der Waals surface area contributed by atoms with Crippen molar-refractivity contribution in [2.45, 2.75) is 0 Å². The highest BCUT2D eigenvalue weighted by Gasteiger charge is 2.15. The Labute approximate surface area is 217 Å². The number of amides is 2. The van der Waals surface area contributed by atoms with Crippen molar-refractivity contribution in [1.29, 1.82) is 0 Å². The zero-order valence-electron chi connectivity index (χ0n) is 18.9. The summed E-state index contributed by atoms with van der Waals surface area (Å²) in [7, 11) is 1.56. The summed E-state index contributed by atoms with van der Waals surface area (Å²) in [4.78, 5) is 24.7. The van der Waals surface area contributed by atoms with Gasteiger partial charge in [-0.1, -0.05) is 58.4 Å². The maximum Gasteiger partial charge on any atom is 0.276 e. The minimum absolute atomic E-state index is 0.0848. The van der Waals surface area contributed by atoms with E-state index in [0.29, 0.717) is 22.6 Å². The molecule has 0 fully saturated rings. The van der Waals surface area contributed by atoms with Crippen LogP contribution in [0.15, 0.2) is 77.3 Å². The number of hydrogen-bond donors (Lipinski definition) is 3. The smallest absolute Gasteiger partial charge is 0.276 e. The molecule has 3 rings (SSSR count). The van der Waals surface area contributed by atoms with Gasteiger partial charge < -0.3 is 14.2 Å². The van der Waals surface area contributed by atoms with Crippen LogP contribution >= 0.6 is 28.1 Å². The fourth-order valence-electron chi connectivity index (χ4n) is 2.93. The normalized spacial score (nSPS) is 10.2. The third-order valence-corrected chi connectivity index (χ3v) is 5.30. The van der Waals surface area contributed by atoms with Crippen molar-refractivity contribution in [2.24, 2.45) is 0 Å². The highest BCUT2D eigenvalue weighted by molar-refractivity contribution is 9.10. The standard InChI is InChI=1S/C25H24BrN3O5S/c1-32-13-14-33-22-12-9-19(26)15-21(22)24(31)27-25(35)29-28-23(30)16-34-20-10-7-18(8-11-20)17-5-3-2-4-6-17/h2-12,15H,13-14,16H2,1H3,(H,28,30)(H2,27,29,31,35). The SMILES string of the molecule is COCCOc1ccc(Br)cc1C(=O)NC(=S)NNC(=O)COc1ccc(-c2ccccc2)cc1. The van der Waals surface area contributed by atoms with Crippen LogP contribution in [0.25, 0.3) is 11.1 Å². The lowest BCUT2D eigenvalue weighted by atomic mass is 10.1. The van der Waals surface area contributed by atoms with Crippen LogP contribution < -0.4 is 25.6 Å². The molecule has 0 unspecified atom stereocenters. The number of thiocarbonyl (C=S) groups is 1. The Morgan fingerprint density at radius 2 is 1.60 bits per heavy atom. The van der Waals surface area contributed by atoms with Gasteiger partial charge in [0.1, 0.15) is 18.1 Å². The molecule has 0 aliphatic heterocycles. The lowest BCUT2D eigenvalue weighted by Gasteiger charge is -2.14. The lowest BCUT2D eigenvalue weighted by Crippen LogP contribution is -2.49. The van der Waals surface area contributed by atoms with Crippen LogP contribution in [0.3, 0.4) is 0 Å². The first-order valence-corrected chi connectivity index (χ1v) is 11.8. The van der Waals surface area contributed by atoms with Crippen molar-refractivity contribution in [3.63, 3.8) is 0 Å². The van der Waals surface area contributed by atoms with Crippen LogP contribution in [0.4, 0.5) is 0 Å².